The Morgan fingerprint density at radius 3 is 2.36 bits per heavy atom. The summed E-state index contributed by atoms with van der Waals surface area (Å²) < 4.78 is 38.1. The number of carbonyl (C=O) groups excluding carboxylic acids is 2. The van der Waals surface area contributed by atoms with E-state index < -0.39 is 10.0 Å². The van der Waals surface area contributed by atoms with Gasteiger partial charge in [0.1, 0.15) is 0 Å². The van der Waals surface area contributed by atoms with Crippen LogP contribution in [0.4, 0.5) is 0 Å². The lowest BCUT2D eigenvalue weighted by atomic mass is 9.92. The van der Waals surface area contributed by atoms with Gasteiger partial charge in [0, 0.05) is 44.7 Å². The highest BCUT2D eigenvalue weighted by molar-refractivity contribution is 7.89. The average molecular weight is 482 g/mol. The molecule has 0 radical (unpaired) electrons. The molecule has 3 rings (SSSR count). The van der Waals surface area contributed by atoms with Gasteiger partial charge in [0.2, 0.25) is 21.8 Å². The molecule has 0 bridgehead atoms. The fourth-order valence-electron chi connectivity index (χ4n) is 4.51. The molecular weight excluding hydrogens is 446 g/mol. The quantitative estimate of drug-likeness (QED) is 0.608. The van der Waals surface area contributed by atoms with Crippen molar-refractivity contribution in [1.82, 2.24) is 14.5 Å². The number of hydrogen-bond donors (Lipinski definition) is 1. The summed E-state index contributed by atoms with van der Waals surface area (Å²) in [7, 11) is -0.744. The van der Waals surface area contributed by atoms with Gasteiger partial charge in [-0.1, -0.05) is 6.92 Å². The van der Waals surface area contributed by atoms with E-state index in [0.29, 0.717) is 44.0 Å². The van der Waals surface area contributed by atoms with Crippen molar-refractivity contribution in [2.45, 2.75) is 43.9 Å². The number of nitrogens with zero attached hydrogens (tertiary/aromatic N) is 2. The van der Waals surface area contributed by atoms with Crippen LogP contribution in [-0.4, -0.2) is 76.4 Å². The Balaban J connectivity index is 1.60. The summed E-state index contributed by atoms with van der Waals surface area (Å²) in [4.78, 5) is 27.4. The van der Waals surface area contributed by atoms with Gasteiger partial charge in [0.25, 0.3) is 0 Å². The first-order chi connectivity index (χ1) is 15.8. The van der Waals surface area contributed by atoms with Crippen molar-refractivity contribution in [2.75, 3.05) is 46.9 Å². The lowest BCUT2D eigenvalue weighted by Gasteiger charge is -2.37. The van der Waals surface area contributed by atoms with Gasteiger partial charge >= 0.3 is 0 Å². The number of nitrogens with one attached hydrogen (secondary N) is 1. The number of carbonyl (C=O) groups is 2. The first-order valence-corrected chi connectivity index (χ1v) is 13.0. The second-order valence-corrected chi connectivity index (χ2v) is 10.5. The van der Waals surface area contributed by atoms with Crippen LogP contribution in [0.1, 0.15) is 39.0 Å². The summed E-state index contributed by atoms with van der Waals surface area (Å²) in [6.07, 6.45) is 3.42. The Bertz CT molecular complexity index is 944. The SMILES string of the molecule is CCCNC(=O)C1CCCN(C(=O)C2CCN(S(=O)(=O)c3ccc(OC)c(OC)c3)CC2)C1. The molecule has 1 N–H and O–H groups in total. The highest BCUT2D eigenvalue weighted by Gasteiger charge is 2.36. The number of likely N-dealkylation sites (tertiary alicyclic amines) is 1. The van der Waals surface area contributed by atoms with E-state index in [9.17, 15) is 18.0 Å². The van der Waals surface area contributed by atoms with Crippen LogP contribution >= 0.6 is 0 Å². The Morgan fingerprint density at radius 1 is 1.03 bits per heavy atom. The predicted octanol–water partition coefficient (Wildman–Crippen LogP) is 1.87. The molecule has 2 saturated heterocycles. The molecule has 2 fully saturated rings. The first-order valence-electron chi connectivity index (χ1n) is 11.6. The molecule has 184 valence electrons. The predicted molar refractivity (Wildman–Crippen MR) is 124 cm³/mol. The maximum atomic E-state index is 13.1. The normalized spacial score (nSPS) is 20.3. The molecule has 0 saturated carbocycles. The molecule has 2 amide bonds. The van der Waals surface area contributed by atoms with E-state index in [1.807, 2.05) is 6.92 Å². The van der Waals surface area contributed by atoms with Gasteiger partial charge < -0.3 is 19.7 Å². The van der Waals surface area contributed by atoms with E-state index in [2.05, 4.69) is 5.32 Å². The van der Waals surface area contributed by atoms with E-state index in [0.717, 1.165) is 19.3 Å². The maximum Gasteiger partial charge on any atom is 0.243 e. The maximum absolute atomic E-state index is 13.1. The highest BCUT2D eigenvalue weighted by Crippen LogP contribution is 2.32. The Kier molecular flexibility index (Phi) is 8.58. The first kappa shape index (κ1) is 25.3. The van der Waals surface area contributed by atoms with Crippen molar-refractivity contribution in [3.05, 3.63) is 18.2 Å². The van der Waals surface area contributed by atoms with Crippen molar-refractivity contribution in [1.29, 1.82) is 0 Å². The van der Waals surface area contributed by atoms with Gasteiger partial charge in [-0.2, -0.15) is 4.31 Å². The fraction of sp³-hybridized carbons (Fsp3) is 0.652. The van der Waals surface area contributed by atoms with Gasteiger partial charge in [-0.15, -0.1) is 0 Å². The van der Waals surface area contributed by atoms with Crippen LogP contribution in [0.2, 0.25) is 0 Å². The summed E-state index contributed by atoms with van der Waals surface area (Å²) in [5, 5.41) is 2.93. The fourth-order valence-corrected chi connectivity index (χ4v) is 6.00. The molecule has 1 aromatic carbocycles. The number of rotatable bonds is 8. The highest BCUT2D eigenvalue weighted by atomic mass is 32.2. The largest absolute Gasteiger partial charge is 0.493 e. The average Bonchev–Trinajstić information content (AvgIpc) is 2.86. The number of benzene rings is 1. The zero-order valence-electron chi connectivity index (χ0n) is 19.7. The van der Waals surface area contributed by atoms with Crippen LogP contribution in [0.3, 0.4) is 0 Å². The van der Waals surface area contributed by atoms with Gasteiger partial charge in [0.05, 0.1) is 25.0 Å². The lowest BCUT2D eigenvalue weighted by Crippen LogP contribution is -2.49. The standard InChI is InChI=1S/C23H35N3O6S/c1-4-11-24-22(27)18-6-5-12-25(16-18)23(28)17-9-13-26(14-10-17)33(29,30)19-7-8-20(31-2)21(15-19)32-3/h7-8,15,17-18H,4-6,9-14,16H2,1-3H3,(H,24,27). The van der Waals surface area contributed by atoms with E-state index in [-0.39, 0.29) is 41.6 Å². The van der Waals surface area contributed by atoms with Crippen molar-refractivity contribution in [3.63, 3.8) is 0 Å². The zero-order chi connectivity index (χ0) is 24.0. The topological polar surface area (TPSA) is 105 Å². The van der Waals surface area contributed by atoms with Crippen molar-refractivity contribution in [2.24, 2.45) is 11.8 Å². The second-order valence-electron chi connectivity index (χ2n) is 8.61. The van der Waals surface area contributed by atoms with E-state index in [1.165, 1.54) is 30.7 Å². The van der Waals surface area contributed by atoms with Gasteiger partial charge in [0.15, 0.2) is 11.5 Å². The van der Waals surface area contributed by atoms with Gasteiger partial charge in [-0.05, 0) is 44.2 Å². The Hall–Kier alpha value is -2.33. The molecular formula is C23H35N3O6S. The molecule has 2 heterocycles. The number of methoxy groups -OCH3 is 2. The number of hydrogen-bond acceptors (Lipinski definition) is 6. The summed E-state index contributed by atoms with van der Waals surface area (Å²) in [6, 6.07) is 4.54. The third-order valence-corrected chi connectivity index (χ3v) is 8.34. The minimum Gasteiger partial charge on any atom is -0.493 e. The summed E-state index contributed by atoms with van der Waals surface area (Å²) in [5.74, 6) is 0.477. The number of amides is 2. The molecule has 0 spiro atoms. The van der Waals surface area contributed by atoms with E-state index >= 15 is 0 Å². The van der Waals surface area contributed by atoms with Crippen LogP contribution in [0.25, 0.3) is 0 Å². The molecule has 10 heteroatoms. The Labute approximate surface area is 196 Å². The molecule has 0 aliphatic carbocycles. The number of ether oxygens (including phenoxy) is 2. The number of piperidine rings is 2. The molecule has 33 heavy (non-hydrogen) atoms. The molecule has 1 aromatic rings. The van der Waals surface area contributed by atoms with Crippen molar-refractivity contribution < 1.29 is 27.5 Å². The molecule has 2 aliphatic heterocycles. The van der Waals surface area contributed by atoms with Crippen molar-refractivity contribution in [3.8, 4) is 11.5 Å². The van der Waals surface area contributed by atoms with Crippen LogP contribution in [0.15, 0.2) is 23.1 Å². The van der Waals surface area contributed by atoms with Crippen molar-refractivity contribution >= 4 is 21.8 Å². The second kappa shape index (κ2) is 11.2. The third kappa shape index (κ3) is 5.78. The van der Waals surface area contributed by atoms with Crippen LogP contribution in [0, 0.1) is 11.8 Å². The summed E-state index contributed by atoms with van der Waals surface area (Å²) >= 11 is 0. The van der Waals surface area contributed by atoms with E-state index in [1.54, 1.807) is 11.0 Å². The smallest absolute Gasteiger partial charge is 0.243 e. The molecule has 1 unspecified atom stereocenters. The number of sulfonamides is 1. The minimum absolute atomic E-state index is 0.0187. The Morgan fingerprint density at radius 2 is 1.73 bits per heavy atom. The molecule has 0 aromatic heterocycles. The summed E-state index contributed by atoms with van der Waals surface area (Å²) in [5.41, 5.74) is 0. The van der Waals surface area contributed by atoms with Gasteiger partial charge in [-0.3, -0.25) is 9.59 Å². The van der Waals surface area contributed by atoms with Crippen LogP contribution in [0.5, 0.6) is 11.5 Å². The van der Waals surface area contributed by atoms with Gasteiger partial charge in [-0.25, -0.2) is 8.42 Å². The monoisotopic (exact) mass is 481 g/mol. The molecule has 1 atom stereocenters. The van der Waals surface area contributed by atoms with Crippen LogP contribution in [-0.2, 0) is 19.6 Å². The lowest BCUT2D eigenvalue weighted by molar-refractivity contribution is -0.140. The van der Waals surface area contributed by atoms with Crippen LogP contribution < -0.4 is 14.8 Å². The summed E-state index contributed by atoms with van der Waals surface area (Å²) in [6.45, 7) is 4.31. The minimum atomic E-state index is -3.70. The third-order valence-electron chi connectivity index (χ3n) is 6.45. The zero-order valence-corrected chi connectivity index (χ0v) is 20.5. The molecule has 9 nitrogen and oxygen atoms in total. The van der Waals surface area contributed by atoms with E-state index in [4.69, 9.17) is 9.47 Å². The molecule has 2 aliphatic rings.